The van der Waals surface area contributed by atoms with Gasteiger partial charge in [0.25, 0.3) is 6.01 Å². The van der Waals surface area contributed by atoms with Gasteiger partial charge in [-0.3, -0.25) is 0 Å². The highest BCUT2D eigenvalue weighted by molar-refractivity contribution is 8.16. The van der Waals surface area contributed by atoms with Crippen molar-refractivity contribution in [3.05, 3.63) is 76.3 Å². The smallest absolute Gasteiger partial charge is 0.336 e. The molecule has 1 heterocycles. The van der Waals surface area contributed by atoms with Crippen molar-refractivity contribution in [3.8, 4) is 11.8 Å². The number of nitrogens with one attached hydrogen (secondary N) is 2. The molecule has 0 aliphatic heterocycles. The van der Waals surface area contributed by atoms with Crippen LogP contribution in [0.2, 0.25) is 5.02 Å². The first-order valence-electron chi connectivity index (χ1n) is 9.91. The number of carbonyl (C=O) groups is 1. The van der Waals surface area contributed by atoms with Crippen LogP contribution in [0, 0.1) is 13.8 Å². The number of halogens is 1. The minimum absolute atomic E-state index is 0.187. The van der Waals surface area contributed by atoms with Crippen LogP contribution in [0.25, 0.3) is 11.0 Å². The minimum atomic E-state index is -1.00. The monoisotopic (exact) mass is 467 g/mol. The van der Waals surface area contributed by atoms with Gasteiger partial charge in [0.15, 0.2) is 0 Å². The number of aromatic carboxylic acids is 1. The molecule has 1 aromatic heterocycles. The maximum absolute atomic E-state index is 11.4. The zero-order valence-electron chi connectivity index (χ0n) is 17.8. The Kier molecular flexibility index (Phi) is 6.21. The molecule has 0 spiro atoms. The van der Waals surface area contributed by atoms with E-state index in [9.17, 15) is 9.90 Å². The SMILES string of the molecule is C/C=S(/Nc1cc2nc(Oc3ccc(C)c(C(=O)O)c3)[nH]c2cc1Cl)c1ccc(C)cc1. The largest absolute Gasteiger partial charge is 0.478 e. The number of ether oxygens (including phenoxy) is 1. The van der Waals surface area contributed by atoms with Crippen LogP contribution in [-0.2, 0) is 0 Å². The van der Waals surface area contributed by atoms with Crippen LogP contribution in [0.1, 0.15) is 28.4 Å². The summed E-state index contributed by atoms with van der Waals surface area (Å²) in [6.07, 6.45) is 0. The number of aromatic amines is 1. The molecule has 3 aromatic carbocycles. The van der Waals surface area contributed by atoms with Gasteiger partial charge in [-0.1, -0.05) is 46.0 Å². The molecule has 3 N–H and O–H groups in total. The first-order valence-corrected chi connectivity index (χ1v) is 11.6. The molecule has 6 nitrogen and oxygen atoms in total. The number of hydrogen-bond donors (Lipinski definition) is 3. The highest BCUT2D eigenvalue weighted by Gasteiger charge is 2.13. The van der Waals surface area contributed by atoms with E-state index in [2.05, 4.69) is 51.2 Å². The molecule has 0 radical (unpaired) electrons. The van der Waals surface area contributed by atoms with Gasteiger partial charge in [-0.15, -0.1) is 0 Å². The summed E-state index contributed by atoms with van der Waals surface area (Å²) >= 11 is 6.53. The normalized spacial score (nSPS) is 12.1. The number of nitrogens with zero attached hydrogens (tertiary/aromatic N) is 1. The Labute approximate surface area is 193 Å². The number of fused-ring (bicyclic) bond motifs is 1. The first kappa shape index (κ1) is 21.9. The number of hydrogen-bond acceptors (Lipinski definition) is 4. The molecule has 4 aromatic rings. The summed E-state index contributed by atoms with van der Waals surface area (Å²) in [5.74, 6) is -0.616. The number of anilines is 1. The zero-order chi connectivity index (χ0) is 22.8. The quantitative estimate of drug-likeness (QED) is 0.271. The number of aromatic nitrogens is 2. The third kappa shape index (κ3) is 4.64. The summed E-state index contributed by atoms with van der Waals surface area (Å²) in [5.41, 5.74) is 4.22. The Morgan fingerprint density at radius 2 is 1.91 bits per heavy atom. The van der Waals surface area contributed by atoms with Crippen molar-refractivity contribution in [1.82, 2.24) is 9.97 Å². The fourth-order valence-corrected chi connectivity index (χ4v) is 4.81. The molecule has 0 fully saturated rings. The molecule has 8 heteroatoms. The van der Waals surface area contributed by atoms with Gasteiger partial charge in [0.2, 0.25) is 0 Å². The molecule has 164 valence electrons. The van der Waals surface area contributed by atoms with E-state index in [0.29, 0.717) is 21.9 Å². The van der Waals surface area contributed by atoms with Crippen molar-refractivity contribution < 1.29 is 14.6 Å². The van der Waals surface area contributed by atoms with E-state index in [1.165, 1.54) is 11.6 Å². The fraction of sp³-hybridized carbons (Fsp3) is 0.125. The van der Waals surface area contributed by atoms with E-state index in [0.717, 1.165) is 16.1 Å². The van der Waals surface area contributed by atoms with Gasteiger partial charge in [-0.25, -0.2) is 4.79 Å². The Morgan fingerprint density at radius 1 is 1.16 bits per heavy atom. The Hall–Kier alpha value is -3.29. The van der Waals surface area contributed by atoms with Gasteiger partial charge in [0, 0.05) is 4.90 Å². The lowest BCUT2D eigenvalue weighted by molar-refractivity contribution is 0.0695. The van der Waals surface area contributed by atoms with E-state index in [4.69, 9.17) is 16.3 Å². The van der Waals surface area contributed by atoms with Gasteiger partial charge in [-0.2, -0.15) is 4.98 Å². The van der Waals surface area contributed by atoms with Crippen LogP contribution in [0.3, 0.4) is 0 Å². The molecule has 0 saturated carbocycles. The van der Waals surface area contributed by atoms with E-state index in [-0.39, 0.29) is 22.2 Å². The highest BCUT2D eigenvalue weighted by Crippen LogP contribution is 2.35. The second kappa shape index (κ2) is 9.06. The third-order valence-corrected chi connectivity index (χ3v) is 6.94. The topological polar surface area (TPSA) is 87.2 Å². The molecule has 32 heavy (non-hydrogen) atoms. The first-order chi connectivity index (χ1) is 15.3. The molecule has 1 unspecified atom stereocenters. The summed E-state index contributed by atoms with van der Waals surface area (Å²) in [6.45, 7) is 5.81. The van der Waals surface area contributed by atoms with Crippen LogP contribution >= 0.6 is 22.3 Å². The molecule has 0 amide bonds. The van der Waals surface area contributed by atoms with Crippen molar-refractivity contribution in [3.63, 3.8) is 0 Å². The number of H-pyrrole nitrogens is 1. The van der Waals surface area contributed by atoms with E-state index >= 15 is 0 Å². The molecule has 0 aliphatic rings. The summed E-state index contributed by atoms with van der Waals surface area (Å²) in [6, 6.07) is 17.2. The van der Waals surface area contributed by atoms with Crippen molar-refractivity contribution in [2.45, 2.75) is 25.7 Å². The van der Waals surface area contributed by atoms with E-state index in [1.807, 2.05) is 13.0 Å². The van der Waals surface area contributed by atoms with E-state index in [1.54, 1.807) is 25.1 Å². The van der Waals surface area contributed by atoms with Gasteiger partial charge >= 0.3 is 5.97 Å². The lowest BCUT2D eigenvalue weighted by atomic mass is 10.1. The van der Waals surface area contributed by atoms with Crippen molar-refractivity contribution >= 4 is 50.3 Å². The van der Waals surface area contributed by atoms with Crippen molar-refractivity contribution in [1.29, 1.82) is 0 Å². The lowest BCUT2D eigenvalue weighted by Crippen LogP contribution is -2.00. The maximum Gasteiger partial charge on any atom is 0.336 e. The van der Waals surface area contributed by atoms with Crippen LogP contribution in [0.5, 0.6) is 11.8 Å². The number of rotatable bonds is 6. The minimum Gasteiger partial charge on any atom is -0.478 e. The van der Waals surface area contributed by atoms with Gasteiger partial charge < -0.3 is 19.5 Å². The molecular weight excluding hydrogens is 446 g/mol. The Balaban J connectivity index is 1.61. The van der Waals surface area contributed by atoms with Gasteiger partial charge in [0.1, 0.15) is 5.75 Å². The number of carboxylic acid groups (broad SMARTS) is 1. The van der Waals surface area contributed by atoms with Gasteiger partial charge in [-0.05, 0) is 68.1 Å². The van der Waals surface area contributed by atoms with E-state index < -0.39 is 5.97 Å². The average molecular weight is 468 g/mol. The Bertz CT molecular complexity index is 1350. The fourth-order valence-electron chi connectivity index (χ4n) is 3.20. The molecule has 0 aliphatic carbocycles. The van der Waals surface area contributed by atoms with Crippen molar-refractivity contribution in [2.75, 3.05) is 4.72 Å². The van der Waals surface area contributed by atoms with Crippen molar-refractivity contribution in [2.24, 2.45) is 0 Å². The summed E-state index contributed by atoms with van der Waals surface area (Å²) in [4.78, 5) is 20.1. The second-order valence-corrected chi connectivity index (χ2v) is 9.49. The molecule has 0 saturated heterocycles. The number of benzene rings is 3. The third-order valence-electron chi connectivity index (χ3n) is 4.93. The van der Waals surface area contributed by atoms with Crippen LogP contribution in [-0.4, -0.2) is 26.4 Å². The molecule has 1 atom stereocenters. The summed E-state index contributed by atoms with van der Waals surface area (Å²) < 4.78 is 9.26. The molecule has 0 bridgehead atoms. The number of imidazole rings is 1. The van der Waals surface area contributed by atoms with Gasteiger partial charge in [0.05, 0.1) is 27.3 Å². The highest BCUT2D eigenvalue weighted by atomic mass is 35.5. The Morgan fingerprint density at radius 3 is 2.59 bits per heavy atom. The summed E-state index contributed by atoms with van der Waals surface area (Å²) in [7, 11) is -0.326. The van der Waals surface area contributed by atoms with Crippen LogP contribution in [0.15, 0.2) is 59.5 Å². The lowest BCUT2D eigenvalue weighted by Gasteiger charge is -2.14. The predicted molar refractivity (Wildman–Crippen MR) is 132 cm³/mol. The number of carboxylic acids is 1. The zero-order valence-corrected chi connectivity index (χ0v) is 19.3. The number of aryl methyl sites for hydroxylation is 2. The standard InChI is InChI=1S/C24H22ClN3O3S/c1-4-32(17-9-5-14(2)6-10-17)28-20-13-22-21(12-19(20)25)26-24(27-22)31-16-8-7-15(3)18(11-16)23(29)30/h4-13,28H,1-3H3,(H,26,27)(H,29,30). The maximum atomic E-state index is 11.4. The van der Waals surface area contributed by atoms with Crippen LogP contribution < -0.4 is 9.46 Å². The predicted octanol–water partition coefficient (Wildman–Crippen LogP) is 6.80. The summed E-state index contributed by atoms with van der Waals surface area (Å²) in [5, 5.41) is 12.0. The molecular formula is C24H22ClN3O3S. The van der Waals surface area contributed by atoms with Crippen LogP contribution in [0.4, 0.5) is 5.69 Å². The second-order valence-electron chi connectivity index (χ2n) is 7.26. The average Bonchev–Trinajstić information content (AvgIpc) is 3.14. The molecule has 4 rings (SSSR count).